The van der Waals surface area contributed by atoms with Crippen LogP contribution in [0.2, 0.25) is 0 Å². The van der Waals surface area contributed by atoms with Gasteiger partial charge in [0.25, 0.3) is 0 Å². The highest BCUT2D eigenvalue weighted by Crippen LogP contribution is 2.55. The highest BCUT2D eigenvalue weighted by molar-refractivity contribution is 7.89. The molecular formula is C19H21N5O2S. The number of hydrogen-bond donors (Lipinski definition) is 1. The molecule has 0 unspecified atom stereocenters. The normalized spacial score (nSPS) is 21.7. The summed E-state index contributed by atoms with van der Waals surface area (Å²) in [6.07, 6.45) is 5.50. The van der Waals surface area contributed by atoms with Crippen LogP contribution in [-0.2, 0) is 10.0 Å². The van der Waals surface area contributed by atoms with Gasteiger partial charge in [0.05, 0.1) is 16.3 Å². The van der Waals surface area contributed by atoms with Crippen LogP contribution < -0.4 is 4.90 Å². The van der Waals surface area contributed by atoms with Crippen LogP contribution in [0.15, 0.2) is 53.8 Å². The van der Waals surface area contributed by atoms with Crippen LogP contribution in [0.25, 0.3) is 11.0 Å². The van der Waals surface area contributed by atoms with E-state index in [1.54, 1.807) is 34.9 Å². The third-order valence-electron chi connectivity index (χ3n) is 5.98. The van der Waals surface area contributed by atoms with Crippen LogP contribution in [0.1, 0.15) is 12.8 Å². The molecule has 0 bridgehead atoms. The fraction of sp³-hybridized carbons (Fsp3) is 0.368. The zero-order valence-electron chi connectivity index (χ0n) is 15.0. The number of hydrogen-bond acceptors (Lipinski definition) is 5. The molecule has 5 rings (SSSR count). The molecule has 8 heteroatoms. The van der Waals surface area contributed by atoms with Crippen LogP contribution in [-0.4, -0.2) is 53.9 Å². The van der Waals surface area contributed by atoms with Crippen molar-refractivity contribution in [2.75, 3.05) is 25.0 Å². The summed E-state index contributed by atoms with van der Waals surface area (Å²) in [6.45, 7) is 1.05. The Balaban J connectivity index is 1.49. The van der Waals surface area contributed by atoms with Gasteiger partial charge in [-0.15, -0.1) is 0 Å². The van der Waals surface area contributed by atoms with Crippen molar-refractivity contribution in [3.8, 4) is 0 Å². The predicted molar refractivity (Wildman–Crippen MR) is 103 cm³/mol. The van der Waals surface area contributed by atoms with Gasteiger partial charge >= 0.3 is 0 Å². The monoisotopic (exact) mass is 383 g/mol. The molecule has 3 heterocycles. The summed E-state index contributed by atoms with van der Waals surface area (Å²) in [4.78, 5) is 14.4. The third-order valence-corrected chi connectivity index (χ3v) is 7.81. The lowest BCUT2D eigenvalue weighted by atomic mass is 9.99. The maximum Gasteiger partial charge on any atom is 0.243 e. The van der Waals surface area contributed by atoms with Crippen LogP contribution in [0, 0.1) is 5.41 Å². The summed E-state index contributed by atoms with van der Waals surface area (Å²) in [6, 6.07) is 10.8. The zero-order chi connectivity index (χ0) is 18.6. The summed E-state index contributed by atoms with van der Waals surface area (Å²) in [5.74, 6) is 0.844. The second kappa shape index (κ2) is 5.77. The van der Waals surface area contributed by atoms with Gasteiger partial charge in [-0.3, -0.25) is 0 Å². The van der Waals surface area contributed by atoms with Gasteiger partial charge in [0.2, 0.25) is 10.0 Å². The molecule has 2 fully saturated rings. The summed E-state index contributed by atoms with van der Waals surface area (Å²) in [5, 5.41) is 0.958. The number of aromatic nitrogens is 3. The largest absolute Gasteiger partial charge is 0.354 e. The standard InChI is InChI=1S/C19H21N5O2S/c1-23(18-15-7-10-20-17(15)21-13-22-18)16-11-24(12-19(16)8-9-19)27(25,26)14-5-3-2-4-6-14/h2-7,10,13,16H,8-9,11-12H2,1H3,(H,20,21,22)/t16-/m0/s1. The second-order valence-electron chi connectivity index (χ2n) is 7.54. The Kier molecular flexibility index (Phi) is 3.57. The molecule has 1 aromatic carbocycles. The van der Waals surface area contributed by atoms with E-state index in [0.29, 0.717) is 18.0 Å². The van der Waals surface area contributed by atoms with Gasteiger partial charge < -0.3 is 9.88 Å². The van der Waals surface area contributed by atoms with Gasteiger partial charge in [-0.25, -0.2) is 18.4 Å². The Bertz CT molecular complexity index is 1090. The van der Waals surface area contributed by atoms with Gasteiger partial charge in [0.1, 0.15) is 17.8 Å². The molecule has 0 radical (unpaired) electrons. The molecule has 2 aliphatic rings. The second-order valence-corrected chi connectivity index (χ2v) is 9.47. The number of H-pyrrole nitrogens is 1. The summed E-state index contributed by atoms with van der Waals surface area (Å²) < 4.78 is 27.8. The molecular weight excluding hydrogens is 362 g/mol. The van der Waals surface area contributed by atoms with E-state index in [1.165, 1.54) is 0 Å². The predicted octanol–water partition coefficient (Wildman–Crippen LogP) is 2.25. The number of nitrogens with one attached hydrogen (secondary N) is 1. The highest BCUT2D eigenvalue weighted by Gasteiger charge is 2.59. The molecule has 1 saturated heterocycles. The Morgan fingerprint density at radius 3 is 2.70 bits per heavy atom. The van der Waals surface area contributed by atoms with E-state index < -0.39 is 10.0 Å². The highest BCUT2D eigenvalue weighted by atomic mass is 32.2. The average molecular weight is 383 g/mol. The van der Waals surface area contributed by atoms with Crippen LogP contribution in [0.3, 0.4) is 0 Å². The van der Waals surface area contributed by atoms with E-state index in [9.17, 15) is 8.42 Å². The van der Waals surface area contributed by atoms with Crippen molar-refractivity contribution in [2.24, 2.45) is 5.41 Å². The van der Waals surface area contributed by atoms with Gasteiger partial charge in [0.15, 0.2) is 0 Å². The molecule has 1 aliphatic carbocycles. The van der Waals surface area contributed by atoms with Gasteiger partial charge in [0, 0.05) is 31.7 Å². The van der Waals surface area contributed by atoms with Crippen molar-refractivity contribution in [2.45, 2.75) is 23.8 Å². The first-order chi connectivity index (χ1) is 13.0. The minimum Gasteiger partial charge on any atom is -0.354 e. The minimum absolute atomic E-state index is 0.0180. The quantitative estimate of drug-likeness (QED) is 0.747. The maximum absolute atomic E-state index is 13.1. The lowest BCUT2D eigenvalue weighted by molar-refractivity contribution is 0.446. The molecule has 27 heavy (non-hydrogen) atoms. The van der Waals surface area contributed by atoms with Crippen molar-refractivity contribution in [3.05, 3.63) is 48.9 Å². The molecule has 3 aromatic rings. The Labute approximate surface area is 158 Å². The number of rotatable bonds is 4. The van der Waals surface area contributed by atoms with E-state index in [2.05, 4.69) is 19.9 Å². The van der Waals surface area contributed by atoms with Crippen molar-refractivity contribution in [3.63, 3.8) is 0 Å². The number of anilines is 1. The number of benzene rings is 1. The summed E-state index contributed by atoms with van der Waals surface area (Å²) in [7, 11) is -1.47. The fourth-order valence-electron chi connectivity index (χ4n) is 4.30. The van der Waals surface area contributed by atoms with Gasteiger partial charge in [-0.1, -0.05) is 18.2 Å². The Morgan fingerprint density at radius 1 is 1.19 bits per heavy atom. The molecule has 1 aliphatic heterocycles. The maximum atomic E-state index is 13.1. The number of nitrogens with zero attached hydrogens (tertiary/aromatic N) is 4. The van der Waals surface area contributed by atoms with E-state index in [4.69, 9.17) is 0 Å². The zero-order valence-corrected chi connectivity index (χ0v) is 15.9. The molecule has 1 spiro atoms. The van der Waals surface area contributed by atoms with Gasteiger partial charge in [-0.05, 0) is 31.0 Å². The first-order valence-electron chi connectivity index (χ1n) is 9.07. The topological polar surface area (TPSA) is 82.2 Å². The third kappa shape index (κ3) is 2.55. The van der Waals surface area contributed by atoms with Crippen molar-refractivity contribution >= 4 is 26.9 Å². The van der Waals surface area contributed by atoms with Crippen molar-refractivity contribution in [1.29, 1.82) is 0 Å². The molecule has 2 aromatic heterocycles. The van der Waals surface area contributed by atoms with Crippen LogP contribution >= 0.6 is 0 Å². The average Bonchev–Trinajstić information content (AvgIpc) is 3.12. The number of sulfonamides is 1. The van der Waals surface area contributed by atoms with E-state index in [-0.39, 0.29) is 11.5 Å². The van der Waals surface area contributed by atoms with E-state index in [1.807, 2.05) is 25.4 Å². The first-order valence-corrected chi connectivity index (χ1v) is 10.5. The van der Waals surface area contributed by atoms with Crippen molar-refractivity contribution in [1.82, 2.24) is 19.3 Å². The summed E-state index contributed by atoms with van der Waals surface area (Å²) in [5.41, 5.74) is 0.813. The molecule has 1 N–H and O–H groups in total. The minimum atomic E-state index is -3.48. The number of aromatic amines is 1. The summed E-state index contributed by atoms with van der Waals surface area (Å²) >= 11 is 0. The number of fused-ring (bicyclic) bond motifs is 1. The van der Waals surface area contributed by atoms with Crippen LogP contribution in [0.5, 0.6) is 0 Å². The Hall–Kier alpha value is -2.45. The molecule has 1 atom stereocenters. The molecule has 7 nitrogen and oxygen atoms in total. The fourth-order valence-corrected chi connectivity index (χ4v) is 5.87. The van der Waals surface area contributed by atoms with E-state index in [0.717, 1.165) is 29.7 Å². The molecule has 140 valence electrons. The Morgan fingerprint density at radius 2 is 1.96 bits per heavy atom. The first kappa shape index (κ1) is 16.7. The van der Waals surface area contributed by atoms with Gasteiger partial charge in [-0.2, -0.15) is 4.31 Å². The molecule has 0 amide bonds. The smallest absolute Gasteiger partial charge is 0.243 e. The lowest BCUT2D eigenvalue weighted by Gasteiger charge is -2.30. The number of likely N-dealkylation sites (N-methyl/N-ethyl adjacent to an activating group) is 1. The van der Waals surface area contributed by atoms with E-state index >= 15 is 0 Å². The van der Waals surface area contributed by atoms with Crippen molar-refractivity contribution < 1.29 is 8.42 Å². The lowest BCUT2D eigenvalue weighted by Crippen LogP contribution is -2.40. The van der Waals surface area contributed by atoms with Crippen LogP contribution in [0.4, 0.5) is 5.82 Å². The molecule has 1 saturated carbocycles. The SMILES string of the molecule is CN(c1ncnc2[nH]ccc12)[C@H]1CN(S(=O)(=O)c2ccccc2)CC12CC2.